The molecule has 0 saturated carbocycles. The number of hydrogen-bond donors (Lipinski definition) is 2. The van der Waals surface area contributed by atoms with Crippen LogP contribution in [-0.2, 0) is 6.42 Å². The van der Waals surface area contributed by atoms with Gasteiger partial charge in [-0.2, -0.15) is 4.68 Å². The molecular weight excluding hydrogens is 428 g/mol. The number of nitrogens with zero attached hydrogens (tertiary/aromatic N) is 8. The van der Waals surface area contributed by atoms with Gasteiger partial charge < -0.3 is 10.3 Å². The van der Waals surface area contributed by atoms with Gasteiger partial charge in [0.2, 0.25) is 0 Å². The number of fused-ring (bicyclic) bond motifs is 1. The summed E-state index contributed by atoms with van der Waals surface area (Å²) in [6.07, 6.45) is 5.70. The zero-order valence-electron chi connectivity index (χ0n) is 17.6. The molecule has 0 aliphatic heterocycles. The summed E-state index contributed by atoms with van der Waals surface area (Å²) in [7, 11) is 0. The fourth-order valence-electron chi connectivity index (χ4n) is 3.49. The van der Waals surface area contributed by atoms with Crippen LogP contribution in [0.2, 0.25) is 0 Å². The zero-order chi connectivity index (χ0) is 22.2. The molecule has 5 aromatic heterocycles. The van der Waals surface area contributed by atoms with Gasteiger partial charge in [0.05, 0.1) is 28.4 Å². The SMILES string of the molecule is CCc1nnnn1-c1cc(C(=O)N[C@@H](C)c2nnc[nH]2)cn2c(-c3ccc(C)s3)cnc12. The molecule has 5 rings (SSSR count). The van der Waals surface area contributed by atoms with Crippen LogP contribution >= 0.6 is 11.3 Å². The maximum Gasteiger partial charge on any atom is 0.253 e. The molecule has 0 spiro atoms. The number of tetrazole rings is 1. The van der Waals surface area contributed by atoms with Gasteiger partial charge in [-0.25, -0.2) is 4.98 Å². The van der Waals surface area contributed by atoms with Crippen LogP contribution in [0.15, 0.2) is 36.9 Å². The highest BCUT2D eigenvalue weighted by Gasteiger charge is 2.21. The van der Waals surface area contributed by atoms with Crippen molar-refractivity contribution in [3.8, 4) is 16.3 Å². The van der Waals surface area contributed by atoms with E-state index < -0.39 is 0 Å². The zero-order valence-corrected chi connectivity index (χ0v) is 18.5. The number of imidazole rings is 1. The Hall–Kier alpha value is -3.93. The molecule has 12 heteroatoms. The van der Waals surface area contributed by atoms with Gasteiger partial charge in [0.1, 0.15) is 12.0 Å². The molecule has 0 aromatic carbocycles. The quantitative estimate of drug-likeness (QED) is 0.408. The van der Waals surface area contributed by atoms with Crippen molar-refractivity contribution in [2.24, 2.45) is 0 Å². The van der Waals surface area contributed by atoms with Gasteiger partial charge in [0, 0.05) is 17.5 Å². The Bertz CT molecular complexity index is 1400. The summed E-state index contributed by atoms with van der Waals surface area (Å²) in [5, 5.41) is 22.8. The number of rotatable bonds is 6. The first kappa shape index (κ1) is 20.0. The Kier molecular flexibility index (Phi) is 4.98. The second kappa shape index (κ2) is 7.96. The minimum atomic E-state index is -0.342. The van der Waals surface area contributed by atoms with Crippen LogP contribution in [0.1, 0.15) is 46.8 Å². The first-order valence-electron chi connectivity index (χ1n) is 10.1. The van der Waals surface area contributed by atoms with Gasteiger partial charge >= 0.3 is 0 Å². The van der Waals surface area contributed by atoms with Crippen molar-refractivity contribution >= 4 is 22.9 Å². The van der Waals surface area contributed by atoms with E-state index in [0.717, 1.165) is 10.6 Å². The van der Waals surface area contributed by atoms with Crippen molar-refractivity contribution in [3.63, 3.8) is 0 Å². The monoisotopic (exact) mass is 448 g/mol. The third-order valence-electron chi connectivity index (χ3n) is 5.11. The van der Waals surface area contributed by atoms with Gasteiger partial charge in [-0.15, -0.1) is 26.6 Å². The van der Waals surface area contributed by atoms with E-state index in [9.17, 15) is 4.79 Å². The van der Waals surface area contributed by atoms with E-state index >= 15 is 0 Å². The minimum Gasteiger partial charge on any atom is -0.342 e. The van der Waals surface area contributed by atoms with Gasteiger partial charge in [0.25, 0.3) is 5.91 Å². The van der Waals surface area contributed by atoms with Crippen LogP contribution in [-0.4, -0.2) is 50.7 Å². The Morgan fingerprint density at radius 3 is 2.91 bits per heavy atom. The van der Waals surface area contributed by atoms with E-state index in [1.807, 2.05) is 18.2 Å². The molecule has 0 aliphatic rings. The Morgan fingerprint density at radius 2 is 2.19 bits per heavy atom. The highest BCUT2D eigenvalue weighted by Crippen LogP contribution is 2.30. The molecule has 0 unspecified atom stereocenters. The van der Waals surface area contributed by atoms with E-state index in [1.54, 1.807) is 34.5 Å². The van der Waals surface area contributed by atoms with Crippen LogP contribution < -0.4 is 5.32 Å². The molecule has 0 fully saturated rings. The molecule has 0 aliphatic carbocycles. The number of nitrogens with one attached hydrogen (secondary N) is 2. The second-order valence-electron chi connectivity index (χ2n) is 7.29. The van der Waals surface area contributed by atoms with Crippen molar-refractivity contribution in [1.82, 2.24) is 50.1 Å². The molecule has 162 valence electrons. The summed E-state index contributed by atoms with van der Waals surface area (Å²) in [5.41, 5.74) is 2.63. The summed E-state index contributed by atoms with van der Waals surface area (Å²) in [5.74, 6) is 0.993. The summed E-state index contributed by atoms with van der Waals surface area (Å²) in [6.45, 7) is 5.87. The number of carbonyl (C=O) groups is 1. The van der Waals surface area contributed by atoms with E-state index in [4.69, 9.17) is 0 Å². The fourth-order valence-corrected chi connectivity index (χ4v) is 4.37. The lowest BCUT2D eigenvalue weighted by Crippen LogP contribution is -2.28. The molecule has 32 heavy (non-hydrogen) atoms. The number of aromatic nitrogens is 9. The highest BCUT2D eigenvalue weighted by molar-refractivity contribution is 7.15. The third kappa shape index (κ3) is 3.43. The van der Waals surface area contributed by atoms with Gasteiger partial charge in [-0.1, -0.05) is 6.92 Å². The smallest absolute Gasteiger partial charge is 0.253 e. The summed E-state index contributed by atoms with van der Waals surface area (Å²) < 4.78 is 3.54. The second-order valence-corrected chi connectivity index (χ2v) is 8.58. The van der Waals surface area contributed by atoms with Gasteiger partial charge in [-0.05, 0) is 42.5 Å². The van der Waals surface area contributed by atoms with Crippen molar-refractivity contribution in [2.75, 3.05) is 0 Å². The number of thiophene rings is 1. The number of hydrogen-bond acceptors (Lipinski definition) is 8. The van der Waals surface area contributed by atoms with Crippen LogP contribution in [0.5, 0.6) is 0 Å². The van der Waals surface area contributed by atoms with E-state index in [-0.39, 0.29) is 11.9 Å². The van der Waals surface area contributed by atoms with E-state index in [1.165, 1.54) is 11.2 Å². The largest absolute Gasteiger partial charge is 0.342 e. The van der Waals surface area contributed by atoms with Crippen LogP contribution in [0.25, 0.3) is 21.9 Å². The molecule has 1 atom stereocenters. The highest BCUT2D eigenvalue weighted by atomic mass is 32.1. The maximum absolute atomic E-state index is 13.2. The first-order chi connectivity index (χ1) is 15.5. The lowest BCUT2D eigenvalue weighted by atomic mass is 10.2. The number of carbonyl (C=O) groups excluding carboxylic acids is 1. The molecule has 0 saturated heterocycles. The summed E-state index contributed by atoms with van der Waals surface area (Å²) >= 11 is 1.67. The first-order valence-corrected chi connectivity index (χ1v) is 10.9. The van der Waals surface area contributed by atoms with Gasteiger partial charge in [0.15, 0.2) is 17.3 Å². The molecule has 11 nitrogen and oxygen atoms in total. The van der Waals surface area contributed by atoms with Gasteiger partial charge in [-0.3, -0.25) is 9.20 Å². The van der Waals surface area contributed by atoms with Crippen LogP contribution in [0.3, 0.4) is 0 Å². The lowest BCUT2D eigenvalue weighted by Gasteiger charge is -2.13. The van der Waals surface area contributed by atoms with Crippen molar-refractivity contribution in [1.29, 1.82) is 0 Å². The summed E-state index contributed by atoms with van der Waals surface area (Å²) in [6, 6.07) is 5.53. The average Bonchev–Trinajstić information content (AvgIpc) is 3.59. The number of aryl methyl sites for hydroxylation is 2. The third-order valence-corrected chi connectivity index (χ3v) is 6.14. The number of amides is 1. The summed E-state index contributed by atoms with van der Waals surface area (Å²) in [4.78, 5) is 23.0. The number of pyridine rings is 1. The minimum absolute atomic E-state index is 0.259. The van der Waals surface area contributed by atoms with Crippen LogP contribution in [0, 0.1) is 6.92 Å². The standard InChI is InChI=1S/C20H20N10OS/c1-4-17-25-27-28-30(17)14-7-13(20(31)24-12(3)18-22-10-23-26-18)9-29-15(8-21-19(14)29)16-6-5-11(2)32-16/h5-10,12H,4H2,1-3H3,(H,24,31)(H,22,23,26)/t12-/m0/s1. The van der Waals surface area contributed by atoms with E-state index in [0.29, 0.717) is 35.0 Å². The Morgan fingerprint density at radius 1 is 1.31 bits per heavy atom. The molecular formula is C20H20N10OS. The predicted molar refractivity (Wildman–Crippen MR) is 118 cm³/mol. The topological polar surface area (TPSA) is 132 Å². The predicted octanol–water partition coefficient (Wildman–Crippen LogP) is 2.52. The Balaban J connectivity index is 1.65. The molecule has 2 N–H and O–H groups in total. The maximum atomic E-state index is 13.2. The van der Waals surface area contributed by atoms with E-state index in [2.05, 4.69) is 60.1 Å². The average molecular weight is 449 g/mol. The fraction of sp³-hybridized carbons (Fsp3) is 0.250. The molecule has 5 aromatic rings. The number of H-pyrrole nitrogens is 1. The molecule has 5 heterocycles. The molecule has 1 amide bonds. The molecule has 0 bridgehead atoms. The number of aromatic amines is 1. The Labute approximate surface area is 186 Å². The van der Waals surface area contributed by atoms with Crippen molar-refractivity contribution in [3.05, 3.63) is 59.0 Å². The lowest BCUT2D eigenvalue weighted by molar-refractivity contribution is 0.0938. The van der Waals surface area contributed by atoms with Crippen molar-refractivity contribution < 1.29 is 4.79 Å². The normalized spacial score (nSPS) is 12.3. The van der Waals surface area contributed by atoms with Crippen LogP contribution in [0.4, 0.5) is 0 Å². The van der Waals surface area contributed by atoms with Crippen molar-refractivity contribution in [2.45, 2.75) is 33.2 Å². The molecule has 0 radical (unpaired) electrons.